The fourth-order valence-corrected chi connectivity index (χ4v) is 5.06. The van der Waals surface area contributed by atoms with Crippen LogP contribution in [0.3, 0.4) is 0 Å². The molecule has 1 saturated carbocycles. The summed E-state index contributed by atoms with van der Waals surface area (Å²) in [5.74, 6) is 2.67. The average Bonchev–Trinajstić information content (AvgIpc) is 2.58. The second kappa shape index (κ2) is 6.81. The maximum Gasteiger partial charge on any atom is 0.0158 e. The Labute approximate surface area is 119 Å². The third kappa shape index (κ3) is 3.87. The first-order valence-corrected chi connectivity index (χ1v) is 9.41. The normalized spacial score (nSPS) is 31.1. The van der Waals surface area contributed by atoms with Gasteiger partial charge in [0, 0.05) is 36.0 Å². The van der Waals surface area contributed by atoms with Crippen LogP contribution in [0, 0.1) is 5.41 Å². The van der Waals surface area contributed by atoms with Crippen LogP contribution in [-0.2, 0) is 0 Å². The fraction of sp³-hybridized carbons (Fsp3) is 1.00. The zero-order valence-corrected chi connectivity index (χ0v) is 13.5. The Hall–Kier alpha value is 0.790. The minimum Gasteiger partial charge on any atom is -0.298 e. The maximum atomic E-state index is 3.82. The van der Waals surface area contributed by atoms with Gasteiger partial charge in [0.25, 0.3) is 0 Å². The smallest absolute Gasteiger partial charge is 0.0158 e. The van der Waals surface area contributed by atoms with Crippen molar-refractivity contribution in [3.8, 4) is 0 Å². The van der Waals surface area contributed by atoms with Gasteiger partial charge in [0.15, 0.2) is 0 Å². The molecular weight excluding hydrogens is 294 g/mol. The number of hydrogen-bond donors (Lipinski definition) is 0. The third-order valence-corrected chi connectivity index (χ3v) is 6.87. The van der Waals surface area contributed by atoms with Gasteiger partial charge in [-0.25, -0.2) is 0 Å². The van der Waals surface area contributed by atoms with Gasteiger partial charge >= 0.3 is 0 Å². The van der Waals surface area contributed by atoms with Crippen LogP contribution in [0.1, 0.15) is 45.4 Å². The molecule has 0 aromatic carbocycles. The highest BCUT2D eigenvalue weighted by Gasteiger charge is 2.33. The van der Waals surface area contributed by atoms with E-state index in [0.29, 0.717) is 5.41 Å². The first-order valence-electron chi connectivity index (χ1n) is 7.14. The molecule has 1 nitrogen and oxygen atoms in total. The predicted molar refractivity (Wildman–Crippen MR) is 82.3 cm³/mol. The Balaban J connectivity index is 1.96. The van der Waals surface area contributed by atoms with E-state index < -0.39 is 0 Å². The molecule has 100 valence electrons. The molecule has 1 aliphatic carbocycles. The van der Waals surface area contributed by atoms with Crippen molar-refractivity contribution in [2.45, 2.75) is 51.5 Å². The molecule has 0 N–H and O–H groups in total. The fourth-order valence-electron chi connectivity index (χ4n) is 3.24. The molecule has 3 heteroatoms. The molecule has 1 atom stereocenters. The van der Waals surface area contributed by atoms with Crippen LogP contribution in [0.4, 0.5) is 0 Å². The van der Waals surface area contributed by atoms with Crippen molar-refractivity contribution in [3.05, 3.63) is 0 Å². The van der Waals surface area contributed by atoms with Crippen LogP contribution in [0.2, 0.25) is 0 Å². The van der Waals surface area contributed by atoms with Gasteiger partial charge in [-0.1, -0.05) is 41.6 Å². The largest absolute Gasteiger partial charge is 0.298 e. The second-order valence-electron chi connectivity index (χ2n) is 5.94. The summed E-state index contributed by atoms with van der Waals surface area (Å²) in [4.78, 5) is 2.75. The lowest BCUT2D eigenvalue weighted by Crippen LogP contribution is -2.47. The average molecular weight is 320 g/mol. The number of hydrogen-bond acceptors (Lipinski definition) is 2. The molecule has 0 aromatic heterocycles. The summed E-state index contributed by atoms with van der Waals surface area (Å²) in [5, 5.41) is 1.20. The first-order chi connectivity index (χ1) is 8.26. The van der Waals surface area contributed by atoms with Crippen molar-refractivity contribution in [3.63, 3.8) is 0 Å². The highest BCUT2D eigenvalue weighted by Crippen LogP contribution is 2.38. The van der Waals surface area contributed by atoms with Gasteiger partial charge in [0.05, 0.1) is 0 Å². The van der Waals surface area contributed by atoms with Crippen LogP contribution >= 0.6 is 27.7 Å². The van der Waals surface area contributed by atoms with Crippen LogP contribution in [0.15, 0.2) is 0 Å². The predicted octanol–water partition coefficient (Wildman–Crippen LogP) is 4.16. The second-order valence-corrected chi connectivity index (χ2v) is 7.65. The summed E-state index contributed by atoms with van der Waals surface area (Å²) in [6.45, 7) is 5.05. The van der Waals surface area contributed by atoms with E-state index in [-0.39, 0.29) is 0 Å². The van der Waals surface area contributed by atoms with Gasteiger partial charge in [-0.3, -0.25) is 4.90 Å². The summed E-state index contributed by atoms with van der Waals surface area (Å²) in [6.07, 6.45) is 8.69. The van der Waals surface area contributed by atoms with Gasteiger partial charge in [-0.15, -0.1) is 0 Å². The van der Waals surface area contributed by atoms with Crippen molar-refractivity contribution in [1.82, 2.24) is 4.90 Å². The molecule has 2 aliphatic rings. The van der Waals surface area contributed by atoms with Gasteiger partial charge in [0.2, 0.25) is 0 Å². The van der Waals surface area contributed by atoms with Gasteiger partial charge in [-0.05, 0) is 25.2 Å². The van der Waals surface area contributed by atoms with Crippen LogP contribution in [0.5, 0.6) is 0 Å². The summed E-state index contributed by atoms with van der Waals surface area (Å²) in [6, 6.07) is 0.785. The minimum absolute atomic E-state index is 0.576. The van der Waals surface area contributed by atoms with E-state index in [9.17, 15) is 0 Å². The van der Waals surface area contributed by atoms with Gasteiger partial charge in [-0.2, -0.15) is 11.8 Å². The van der Waals surface area contributed by atoms with Crippen molar-refractivity contribution >= 4 is 27.7 Å². The molecule has 17 heavy (non-hydrogen) atoms. The van der Waals surface area contributed by atoms with E-state index in [2.05, 4.69) is 39.5 Å². The summed E-state index contributed by atoms with van der Waals surface area (Å²) >= 11 is 5.94. The quantitative estimate of drug-likeness (QED) is 0.567. The molecule has 2 rings (SSSR count). The number of alkyl halides is 1. The van der Waals surface area contributed by atoms with Crippen LogP contribution in [0.25, 0.3) is 0 Å². The Morgan fingerprint density at radius 2 is 1.94 bits per heavy atom. The molecule has 0 bridgehead atoms. The van der Waals surface area contributed by atoms with E-state index in [1.807, 2.05) is 0 Å². The molecule has 1 heterocycles. The molecule has 2 fully saturated rings. The molecule has 1 aliphatic heterocycles. The number of halogens is 1. The molecule has 0 radical (unpaired) electrons. The van der Waals surface area contributed by atoms with Gasteiger partial charge < -0.3 is 0 Å². The molecule has 0 amide bonds. The standard InChI is InChI=1S/C14H26BrNS/c1-13-10-17-9-8-16(13)12-14(11-15)6-4-2-3-5-7-14/h13H,2-12H2,1H3. The summed E-state index contributed by atoms with van der Waals surface area (Å²) < 4.78 is 0. The van der Waals surface area contributed by atoms with Crippen molar-refractivity contribution in [1.29, 1.82) is 0 Å². The number of rotatable bonds is 3. The number of nitrogens with zero attached hydrogens (tertiary/aromatic N) is 1. The third-order valence-electron chi connectivity index (χ3n) is 4.49. The maximum absolute atomic E-state index is 3.82. The van der Waals surface area contributed by atoms with E-state index in [0.717, 1.165) is 6.04 Å². The topological polar surface area (TPSA) is 3.24 Å². The number of thioether (sulfide) groups is 1. The monoisotopic (exact) mass is 319 g/mol. The highest BCUT2D eigenvalue weighted by molar-refractivity contribution is 9.09. The Morgan fingerprint density at radius 1 is 1.24 bits per heavy atom. The lowest BCUT2D eigenvalue weighted by atomic mass is 9.81. The zero-order chi connectivity index (χ0) is 12.1. The first kappa shape index (κ1) is 14.2. The van der Waals surface area contributed by atoms with Crippen molar-refractivity contribution in [2.24, 2.45) is 5.41 Å². The van der Waals surface area contributed by atoms with Gasteiger partial charge in [0.1, 0.15) is 0 Å². The molecule has 0 spiro atoms. The molecule has 1 saturated heterocycles. The van der Waals surface area contributed by atoms with Crippen LogP contribution in [-0.4, -0.2) is 40.9 Å². The Kier molecular flexibility index (Phi) is 5.69. The molecule has 0 aromatic rings. The Bertz CT molecular complexity index is 226. The molecular formula is C14H26BrNS. The van der Waals surface area contributed by atoms with E-state index in [4.69, 9.17) is 0 Å². The molecule has 1 unspecified atom stereocenters. The van der Waals surface area contributed by atoms with E-state index in [1.165, 1.54) is 68.5 Å². The van der Waals surface area contributed by atoms with Crippen molar-refractivity contribution < 1.29 is 0 Å². The summed E-state index contributed by atoms with van der Waals surface area (Å²) in [7, 11) is 0. The van der Waals surface area contributed by atoms with E-state index in [1.54, 1.807) is 0 Å². The highest BCUT2D eigenvalue weighted by atomic mass is 79.9. The SMILES string of the molecule is CC1CSCCN1CC1(CBr)CCCCCC1. The Morgan fingerprint density at radius 3 is 2.53 bits per heavy atom. The zero-order valence-electron chi connectivity index (χ0n) is 11.1. The lowest BCUT2D eigenvalue weighted by molar-refractivity contribution is 0.129. The van der Waals surface area contributed by atoms with Crippen LogP contribution < -0.4 is 0 Å². The summed E-state index contributed by atoms with van der Waals surface area (Å²) in [5.41, 5.74) is 0.576. The lowest BCUT2D eigenvalue weighted by Gasteiger charge is -2.41. The van der Waals surface area contributed by atoms with E-state index >= 15 is 0 Å². The minimum atomic E-state index is 0.576. The van der Waals surface area contributed by atoms with Crippen molar-refractivity contribution in [2.75, 3.05) is 29.9 Å².